The highest BCUT2D eigenvalue weighted by atomic mass is 32.1. The molecule has 0 aliphatic carbocycles. The molecule has 0 saturated heterocycles. The number of para-hydroxylation sites is 4. The number of hydrogen-bond donors (Lipinski definition) is 0. The highest BCUT2D eigenvalue weighted by Gasteiger charge is 2.20. The Morgan fingerprint density at radius 1 is 0.396 bits per heavy atom. The Morgan fingerprint density at radius 2 is 0.938 bits per heavy atom. The van der Waals surface area contributed by atoms with Gasteiger partial charge in [-0.15, -0.1) is 11.3 Å². The van der Waals surface area contributed by atoms with Crippen molar-refractivity contribution < 1.29 is 4.42 Å². The van der Waals surface area contributed by atoms with Crippen molar-refractivity contribution in [1.82, 2.24) is 9.13 Å². The second-order valence-electron chi connectivity index (χ2n) is 12.5. The van der Waals surface area contributed by atoms with E-state index >= 15 is 0 Å². The van der Waals surface area contributed by atoms with Gasteiger partial charge in [-0.1, -0.05) is 91.0 Å². The van der Waals surface area contributed by atoms with Crippen LogP contribution in [-0.4, -0.2) is 9.13 Å². The molecule has 11 rings (SSSR count). The molecule has 0 fully saturated rings. The third-order valence-corrected chi connectivity index (χ3v) is 11.1. The second kappa shape index (κ2) is 9.71. The lowest BCUT2D eigenvalue weighted by Crippen LogP contribution is -1.93. The summed E-state index contributed by atoms with van der Waals surface area (Å²) in [6.45, 7) is 0. The summed E-state index contributed by atoms with van der Waals surface area (Å²) in [5, 5.41) is 8.62. The number of benzene rings is 7. The van der Waals surface area contributed by atoms with Crippen molar-refractivity contribution in [1.29, 1.82) is 0 Å². The highest BCUT2D eigenvalue weighted by Crippen LogP contribution is 2.42. The molecule has 4 heterocycles. The fourth-order valence-electron chi connectivity index (χ4n) is 7.78. The molecule has 11 aromatic rings. The lowest BCUT2D eigenvalue weighted by atomic mass is 10.0. The molecular formula is C44H26N2OS. The second-order valence-corrected chi connectivity index (χ2v) is 13.6. The summed E-state index contributed by atoms with van der Waals surface area (Å²) in [5.74, 6) is 0. The van der Waals surface area contributed by atoms with E-state index in [2.05, 4.69) is 161 Å². The van der Waals surface area contributed by atoms with Gasteiger partial charge >= 0.3 is 0 Å². The van der Waals surface area contributed by atoms with E-state index in [1.165, 1.54) is 69.6 Å². The van der Waals surface area contributed by atoms with Crippen LogP contribution in [0.25, 0.3) is 97.5 Å². The standard InChI is InChI=1S/C44H26N2OS/c1-5-13-37-31(9-1)32-10-2-6-14-38(32)45(37)29-20-17-27(18-21-29)28-19-23-41-35(25-28)36-26-30(22-24-42(36)48-41)46-39-15-7-3-11-33(39)43-34-12-4-8-16-40(34)47-44(43)46/h1-26H. The first-order chi connectivity index (χ1) is 23.8. The van der Waals surface area contributed by atoms with Crippen molar-refractivity contribution in [2.24, 2.45) is 0 Å². The maximum absolute atomic E-state index is 6.53. The summed E-state index contributed by atoms with van der Waals surface area (Å²) in [5.41, 5.74) is 10.1. The highest BCUT2D eigenvalue weighted by molar-refractivity contribution is 7.25. The average Bonchev–Trinajstić information content (AvgIpc) is 3.88. The largest absolute Gasteiger partial charge is 0.439 e. The first-order valence-electron chi connectivity index (χ1n) is 16.3. The molecule has 0 spiro atoms. The Kier molecular flexibility index (Phi) is 5.26. The van der Waals surface area contributed by atoms with Gasteiger partial charge in [0.2, 0.25) is 5.71 Å². The number of hydrogen-bond acceptors (Lipinski definition) is 2. The van der Waals surface area contributed by atoms with E-state index in [9.17, 15) is 0 Å². The molecule has 0 aliphatic rings. The Hall–Kier alpha value is -6.10. The maximum atomic E-state index is 6.53. The lowest BCUT2D eigenvalue weighted by molar-refractivity contribution is 0.645. The third-order valence-electron chi connectivity index (χ3n) is 9.94. The van der Waals surface area contributed by atoms with Gasteiger partial charge in [-0.3, -0.25) is 4.57 Å². The quantitative estimate of drug-likeness (QED) is 0.190. The molecule has 0 saturated carbocycles. The predicted octanol–water partition coefficient (Wildman–Crippen LogP) is 12.7. The minimum absolute atomic E-state index is 0.889. The zero-order valence-corrected chi connectivity index (χ0v) is 26.5. The van der Waals surface area contributed by atoms with Crippen LogP contribution in [0.15, 0.2) is 162 Å². The molecule has 0 amide bonds. The van der Waals surface area contributed by atoms with Gasteiger partial charge in [-0.2, -0.15) is 0 Å². The van der Waals surface area contributed by atoms with E-state index in [4.69, 9.17) is 4.42 Å². The number of thiophene rings is 1. The molecule has 0 bridgehead atoms. The third kappa shape index (κ3) is 3.58. The Bertz CT molecular complexity index is 3010. The van der Waals surface area contributed by atoms with Crippen LogP contribution in [-0.2, 0) is 0 Å². The Balaban J connectivity index is 1.05. The van der Waals surface area contributed by atoms with Crippen molar-refractivity contribution in [2.45, 2.75) is 0 Å². The van der Waals surface area contributed by atoms with Crippen LogP contribution in [0.5, 0.6) is 0 Å². The van der Waals surface area contributed by atoms with Crippen molar-refractivity contribution in [2.75, 3.05) is 0 Å². The topological polar surface area (TPSA) is 23.0 Å². The predicted molar refractivity (Wildman–Crippen MR) is 203 cm³/mol. The van der Waals surface area contributed by atoms with Gasteiger partial charge in [-0.25, -0.2) is 0 Å². The molecule has 3 nitrogen and oxygen atoms in total. The van der Waals surface area contributed by atoms with E-state index in [0.717, 1.165) is 27.9 Å². The Labute approximate surface area is 279 Å². The van der Waals surface area contributed by atoms with Crippen molar-refractivity contribution in [3.8, 4) is 22.5 Å². The molecule has 0 unspecified atom stereocenters. The van der Waals surface area contributed by atoms with Crippen LogP contribution in [0.1, 0.15) is 0 Å². The molecule has 224 valence electrons. The molecule has 4 aromatic heterocycles. The number of furan rings is 1. The summed E-state index contributed by atoms with van der Waals surface area (Å²) in [6, 6.07) is 57.0. The summed E-state index contributed by atoms with van der Waals surface area (Å²) in [6.07, 6.45) is 0. The van der Waals surface area contributed by atoms with Crippen molar-refractivity contribution >= 4 is 86.3 Å². The van der Waals surface area contributed by atoms with Gasteiger partial charge in [0.15, 0.2) is 0 Å². The smallest absolute Gasteiger partial charge is 0.213 e. The number of fused-ring (bicyclic) bond motifs is 11. The van der Waals surface area contributed by atoms with E-state index in [0.29, 0.717) is 0 Å². The lowest BCUT2D eigenvalue weighted by Gasteiger charge is -2.10. The number of nitrogens with zero attached hydrogens (tertiary/aromatic N) is 2. The van der Waals surface area contributed by atoms with Crippen molar-refractivity contribution in [3.63, 3.8) is 0 Å². The molecule has 7 aromatic carbocycles. The molecule has 0 radical (unpaired) electrons. The van der Waals surface area contributed by atoms with Gasteiger partial charge in [-0.05, 0) is 77.9 Å². The van der Waals surface area contributed by atoms with Gasteiger partial charge in [0.25, 0.3) is 0 Å². The summed E-state index contributed by atoms with van der Waals surface area (Å²) < 4.78 is 13.8. The van der Waals surface area contributed by atoms with E-state index in [-0.39, 0.29) is 0 Å². The SMILES string of the molecule is c1ccc2c(c1)oc1c2c2ccccc2n1-c1ccc2sc3ccc(-c4ccc(-n5c6ccccc6c6ccccc65)cc4)cc3c2c1. The summed E-state index contributed by atoms with van der Waals surface area (Å²) in [7, 11) is 0. The number of aromatic nitrogens is 2. The first kappa shape index (κ1) is 26.0. The fraction of sp³-hybridized carbons (Fsp3) is 0. The zero-order chi connectivity index (χ0) is 31.3. The summed E-state index contributed by atoms with van der Waals surface area (Å²) >= 11 is 1.85. The van der Waals surface area contributed by atoms with E-state index < -0.39 is 0 Å². The average molecular weight is 631 g/mol. The van der Waals surface area contributed by atoms with Crippen LogP contribution in [0, 0.1) is 0 Å². The van der Waals surface area contributed by atoms with Crippen molar-refractivity contribution in [3.05, 3.63) is 158 Å². The van der Waals surface area contributed by atoms with Crippen LogP contribution in [0.4, 0.5) is 0 Å². The van der Waals surface area contributed by atoms with Gasteiger partial charge in [0, 0.05) is 53.1 Å². The first-order valence-corrected chi connectivity index (χ1v) is 17.1. The normalized spacial score (nSPS) is 12.2. The van der Waals surface area contributed by atoms with E-state index in [1.54, 1.807) is 0 Å². The van der Waals surface area contributed by atoms with Gasteiger partial charge in [0.1, 0.15) is 5.58 Å². The molecular weight excluding hydrogens is 605 g/mol. The van der Waals surface area contributed by atoms with Crippen LogP contribution in [0.3, 0.4) is 0 Å². The molecule has 0 aliphatic heterocycles. The minimum Gasteiger partial charge on any atom is -0.439 e. The van der Waals surface area contributed by atoms with Crippen LogP contribution in [0.2, 0.25) is 0 Å². The molecule has 48 heavy (non-hydrogen) atoms. The van der Waals surface area contributed by atoms with Gasteiger partial charge in [0.05, 0.1) is 21.9 Å². The van der Waals surface area contributed by atoms with Crippen LogP contribution >= 0.6 is 11.3 Å². The fourth-order valence-corrected chi connectivity index (χ4v) is 8.85. The van der Waals surface area contributed by atoms with E-state index in [1.807, 2.05) is 17.4 Å². The molecule has 4 heteroatoms. The van der Waals surface area contributed by atoms with Gasteiger partial charge < -0.3 is 8.98 Å². The Morgan fingerprint density at radius 3 is 1.67 bits per heavy atom. The van der Waals surface area contributed by atoms with Crippen LogP contribution < -0.4 is 0 Å². The molecule has 0 N–H and O–H groups in total. The number of rotatable bonds is 3. The zero-order valence-electron chi connectivity index (χ0n) is 25.7. The minimum atomic E-state index is 0.889. The summed E-state index contributed by atoms with van der Waals surface area (Å²) in [4.78, 5) is 0. The molecule has 0 atom stereocenters. The maximum Gasteiger partial charge on any atom is 0.213 e. The monoisotopic (exact) mass is 630 g/mol.